The third-order valence-corrected chi connectivity index (χ3v) is 6.18. The number of rotatable bonds is 3. The Bertz CT molecular complexity index is 456. The first-order chi connectivity index (χ1) is 8.97. The summed E-state index contributed by atoms with van der Waals surface area (Å²) in [6, 6.07) is 10.7. The molecule has 104 valence electrons. The molecule has 0 saturated heterocycles. The molecule has 0 unspecified atom stereocenters. The molecule has 0 aliphatic heterocycles. The van der Waals surface area contributed by atoms with Crippen molar-refractivity contribution in [1.29, 1.82) is 0 Å². The van der Waals surface area contributed by atoms with Crippen molar-refractivity contribution >= 4 is 0 Å². The molecule has 19 heavy (non-hydrogen) atoms. The van der Waals surface area contributed by atoms with Gasteiger partial charge in [0, 0.05) is 18.0 Å². The van der Waals surface area contributed by atoms with Crippen LogP contribution in [0.1, 0.15) is 39.2 Å². The molecule has 4 atom stereocenters. The molecule has 2 heteroatoms. The largest absolute Gasteiger partial charge is 0.391 e. The van der Waals surface area contributed by atoms with Crippen LogP contribution in [-0.4, -0.2) is 17.3 Å². The normalized spacial score (nSPS) is 39.7. The Hall–Kier alpha value is -0.860. The van der Waals surface area contributed by atoms with Crippen LogP contribution in [0.25, 0.3) is 0 Å². The van der Waals surface area contributed by atoms with E-state index in [2.05, 4.69) is 50.4 Å². The zero-order chi connectivity index (χ0) is 13.7. The van der Waals surface area contributed by atoms with Crippen LogP contribution in [0.15, 0.2) is 30.3 Å². The second-order valence-corrected chi connectivity index (χ2v) is 7.12. The molecule has 2 aliphatic carbocycles. The smallest absolute Gasteiger partial charge is 0.0754 e. The lowest BCUT2D eigenvalue weighted by Gasteiger charge is -2.37. The quantitative estimate of drug-likeness (QED) is 0.874. The first kappa shape index (κ1) is 13.1. The van der Waals surface area contributed by atoms with Gasteiger partial charge in [-0.25, -0.2) is 0 Å². The monoisotopic (exact) mass is 259 g/mol. The number of aliphatic hydroxyl groups excluding tert-OH is 1. The third kappa shape index (κ3) is 1.77. The summed E-state index contributed by atoms with van der Waals surface area (Å²) in [5.41, 5.74) is 1.60. The van der Waals surface area contributed by atoms with Crippen molar-refractivity contribution in [3.8, 4) is 0 Å². The van der Waals surface area contributed by atoms with Gasteiger partial charge >= 0.3 is 0 Å². The van der Waals surface area contributed by atoms with Gasteiger partial charge in [0.05, 0.1) is 6.10 Å². The molecule has 2 N–H and O–H groups in total. The molecule has 1 aromatic carbocycles. The highest BCUT2D eigenvalue weighted by Crippen LogP contribution is 2.65. The lowest BCUT2D eigenvalue weighted by molar-refractivity contribution is -0.000176. The van der Waals surface area contributed by atoms with Gasteiger partial charge in [0.25, 0.3) is 0 Å². The summed E-state index contributed by atoms with van der Waals surface area (Å²) >= 11 is 0. The van der Waals surface area contributed by atoms with Gasteiger partial charge in [-0.15, -0.1) is 0 Å². The van der Waals surface area contributed by atoms with Gasteiger partial charge in [-0.2, -0.15) is 0 Å². The van der Waals surface area contributed by atoms with E-state index in [0.717, 1.165) is 13.0 Å². The molecule has 0 radical (unpaired) electrons. The SMILES string of the molecule is CC1(C)[C@@H]2CC[C@@]1(C)[C@@H](O)[C@H]2NCc1ccccc1. The van der Waals surface area contributed by atoms with Gasteiger partial charge in [-0.05, 0) is 29.7 Å². The third-order valence-electron chi connectivity index (χ3n) is 6.18. The minimum atomic E-state index is -0.218. The molecular weight excluding hydrogens is 234 g/mol. The van der Waals surface area contributed by atoms with Crippen molar-refractivity contribution in [2.75, 3.05) is 0 Å². The molecule has 1 aromatic rings. The van der Waals surface area contributed by atoms with E-state index >= 15 is 0 Å². The Labute approximate surface area is 116 Å². The van der Waals surface area contributed by atoms with Crippen molar-refractivity contribution in [3.63, 3.8) is 0 Å². The fourth-order valence-corrected chi connectivity index (χ4v) is 4.42. The Morgan fingerprint density at radius 1 is 1.21 bits per heavy atom. The number of nitrogens with one attached hydrogen (secondary N) is 1. The lowest BCUT2D eigenvalue weighted by Crippen LogP contribution is -2.46. The second-order valence-electron chi connectivity index (χ2n) is 7.12. The van der Waals surface area contributed by atoms with Crippen molar-refractivity contribution in [2.24, 2.45) is 16.7 Å². The van der Waals surface area contributed by atoms with Gasteiger partial charge < -0.3 is 10.4 Å². The van der Waals surface area contributed by atoms with Gasteiger partial charge in [-0.3, -0.25) is 0 Å². The maximum absolute atomic E-state index is 10.7. The number of aliphatic hydroxyl groups is 1. The maximum atomic E-state index is 10.7. The van der Waals surface area contributed by atoms with Crippen LogP contribution in [0, 0.1) is 16.7 Å². The molecule has 2 fully saturated rings. The predicted octanol–water partition coefficient (Wildman–Crippen LogP) is 2.96. The molecule has 2 bridgehead atoms. The van der Waals surface area contributed by atoms with Crippen LogP contribution in [-0.2, 0) is 6.54 Å². The van der Waals surface area contributed by atoms with E-state index in [1.807, 2.05) is 6.07 Å². The van der Waals surface area contributed by atoms with Crippen LogP contribution in [0.5, 0.6) is 0 Å². The van der Waals surface area contributed by atoms with Crippen LogP contribution in [0.2, 0.25) is 0 Å². The molecule has 2 saturated carbocycles. The van der Waals surface area contributed by atoms with Crippen LogP contribution in [0.3, 0.4) is 0 Å². The van der Waals surface area contributed by atoms with E-state index in [9.17, 15) is 5.11 Å². The van der Waals surface area contributed by atoms with Crippen LogP contribution >= 0.6 is 0 Å². The Morgan fingerprint density at radius 2 is 1.89 bits per heavy atom. The average molecular weight is 259 g/mol. The minimum absolute atomic E-state index is 0.0754. The molecule has 2 aliphatic rings. The highest BCUT2D eigenvalue weighted by Gasteiger charge is 2.65. The first-order valence-electron chi connectivity index (χ1n) is 7.42. The van der Waals surface area contributed by atoms with Crippen molar-refractivity contribution in [2.45, 2.75) is 52.3 Å². The van der Waals surface area contributed by atoms with Crippen molar-refractivity contribution in [3.05, 3.63) is 35.9 Å². The van der Waals surface area contributed by atoms with E-state index in [4.69, 9.17) is 0 Å². The number of hydrogen-bond donors (Lipinski definition) is 2. The molecule has 0 aromatic heterocycles. The standard InChI is InChI=1S/C17H25NO/c1-16(2)13-9-10-17(16,3)15(19)14(13)18-11-12-7-5-4-6-8-12/h4-8,13-15,18-19H,9-11H2,1-3H3/t13-,14+,15+,17+/m1/s1. The van der Waals surface area contributed by atoms with E-state index in [1.54, 1.807) is 0 Å². The van der Waals surface area contributed by atoms with Gasteiger partial charge in [0.15, 0.2) is 0 Å². The molecular formula is C17H25NO. The Morgan fingerprint density at radius 3 is 2.47 bits per heavy atom. The van der Waals surface area contributed by atoms with E-state index < -0.39 is 0 Å². The van der Waals surface area contributed by atoms with Crippen LogP contribution in [0.4, 0.5) is 0 Å². The van der Waals surface area contributed by atoms with Crippen LogP contribution < -0.4 is 5.32 Å². The topological polar surface area (TPSA) is 32.3 Å². The molecule has 0 amide bonds. The highest BCUT2D eigenvalue weighted by atomic mass is 16.3. The van der Waals surface area contributed by atoms with Crippen molar-refractivity contribution in [1.82, 2.24) is 5.32 Å². The Kier molecular flexibility index (Phi) is 2.99. The summed E-state index contributed by atoms with van der Waals surface area (Å²) in [6.45, 7) is 7.78. The zero-order valence-electron chi connectivity index (χ0n) is 12.2. The Balaban J connectivity index is 1.74. The number of hydrogen-bond acceptors (Lipinski definition) is 2. The number of fused-ring (bicyclic) bond motifs is 2. The van der Waals surface area contributed by atoms with Crippen molar-refractivity contribution < 1.29 is 5.11 Å². The van der Waals surface area contributed by atoms with E-state index in [1.165, 1.54) is 12.0 Å². The number of benzene rings is 1. The molecule has 0 heterocycles. The molecule has 0 spiro atoms. The minimum Gasteiger partial charge on any atom is -0.391 e. The summed E-state index contributed by atoms with van der Waals surface area (Å²) in [4.78, 5) is 0. The van der Waals surface area contributed by atoms with Gasteiger partial charge in [0.2, 0.25) is 0 Å². The summed E-state index contributed by atoms with van der Waals surface area (Å²) in [5.74, 6) is 0.594. The zero-order valence-corrected chi connectivity index (χ0v) is 12.2. The average Bonchev–Trinajstić information content (AvgIpc) is 2.70. The summed E-state index contributed by atoms with van der Waals surface area (Å²) in [6.07, 6.45) is 2.19. The highest BCUT2D eigenvalue weighted by molar-refractivity contribution is 5.19. The summed E-state index contributed by atoms with van der Waals surface area (Å²) in [5, 5.41) is 14.3. The maximum Gasteiger partial charge on any atom is 0.0754 e. The van der Waals surface area contributed by atoms with E-state index in [0.29, 0.717) is 5.92 Å². The van der Waals surface area contributed by atoms with Gasteiger partial charge in [-0.1, -0.05) is 51.1 Å². The molecule has 2 nitrogen and oxygen atoms in total. The van der Waals surface area contributed by atoms with E-state index in [-0.39, 0.29) is 23.0 Å². The fourth-order valence-electron chi connectivity index (χ4n) is 4.42. The van der Waals surface area contributed by atoms with Gasteiger partial charge in [0.1, 0.15) is 0 Å². The summed E-state index contributed by atoms with van der Waals surface area (Å²) < 4.78 is 0. The second kappa shape index (κ2) is 4.32. The first-order valence-corrected chi connectivity index (χ1v) is 7.42. The predicted molar refractivity (Wildman–Crippen MR) is 77.7 cm³/mol. The summed E-state index contributed by atoms with van der Waals surface area (Å²) in [7, 11) is 0. The fraction of sp³-hybridized carbons (Fsp3) is 0.647. The molecule has 3 rings (SSSR count). The lowest BCUT2D eigenvalue weighted by atomic mass is 9.70.